The Labute approximate surface area is 294 Å². The molecule has 1 nitrogen and oxygen atoms in total. The topological polar surface area (TPSA) is 3.24 Å². The summed E-state index contributed by atoms with van der Waals surface area (Å²) in [6.07, 6.45) is 0. The molecule has 0 aliphatic heterocycles. The van der Waals surface area contributed by atoms with Gasteiger partial charge in [0.05, 0.1) is 0 Å². The highest BCUT2D eigenvalue weighted by atomic mass is 32.1. The first-order chi connectivity index (χ1) is 24.8. The van der Waals surface area contributed by atoms with Crippen LogP contribution in [0.2, 0.25) is 0 Å². The molecule has 0 fully saturated rings. The van der Waals surface area contributed by atoms with Gasteiger partial charge in [0.2, 0.25) is 0 Å². The Morgan fingerprint density at radius 2 is 0.880 bits per heavy atom. The molecule has 0 saturated heterocycles. The first-order valence-electron chi connectivity index (χ1n) is 17.1. The lowest BCUT2D eigenvalue weighted by molar-refractivity contribution is 1.30. The average molecular weight is 654 g/mol. The maximum Gasteiger partial charge on any atom is 0.0468 e. The molecule has 0 spiro atoms. The number of nitrogens with zero attached hydrogens (tertiary/aromatic N) is 1. The molecule has 234 valence electrons. The van der Waals surface area contributed by atoms with Crippen molar-refractivity contribution in [3.8, 4) is 22.3 Å². The Hall–Kier alpha value is -6.22. The number of benzene rings is 9. The second-order valence-corrected chi connectivity index (χ2v) is 14.0. The van der Waals surface area contributed by atoms with Crippen LogP contribution >= 0.6 is 11.3 Å². The highest BCUT2D eigenvalue weighted by Gasteiger charge is 2.17. The zero-order chi connectivity index (χ0) is 33.0. The predicted octanol–water partition coefficient (Wildman–Crippen LogP) is 14.3. The fourth-order valence-electron chi connectivity index (χ4n) is 7.61. The molecule has 9 aromatic carbocycles. The molecule has 0 bridgehead atoms. The molecule has 0 aliphatic carbocycles. The van der Waals surface area contributed by atoms with E-state index in [1.165, 1.54) is 74.7 Å². The van der Waals surface area contributed by atoms with Gasteiger partial charge in [-0.1, -0.05) is 133 Å². The van der Waals surface area contributed by atoms with Crippen LogP contribution in [-0.4, -0.2) is 0 Å². The van der Waals surface area contributed by atoms with E-state index in [0.29, 0.717) is 0 Å². The Morgan fingerprint density at radius 3 is 1.78 bits per heavy atom. The van der Waals surface area contributed by atoms with E-state index >= 15 is 0 Å². The smallest absolute Gasteiger partial charge is 0.0468 e. The molecule has 0 N–H and O–H groups in total. The molecule has 10 rings (SSSR count). The van der Waals surface area contributed by atoms with E-state index in [9.17, 15) is 0 Å². The molecule has 10 aromatic rings. The first kappa shape index (κ1) is 28.8. The van der Waals surface area contributed by atoms with Crippen molar-refractivity contribution >= 4 is 80.9 Å². The molecule has 0 amide bonds. The van der Waals surface area contributed by atoms with Crippen LogP contribution in [-0.2, 0) is 0 Å². The molecular weight excluding hydrogens is 623 g/mol. The van der Waals surface area contributed by atoms with E-state index < -0.39 is 0 Å². The maximum atomic E-state index is 2.42. The summed E-state index contributed by atoms with van der Waals surface area (Å²) < 4.78 is 2.62. The SMILES string of the molecule is c1cc(-c2cccc(N(c3ccc4c(ccc5ccccc54)c3)c3ccc4sc5ccccc5c4c3)c2)cc(-c2cccc3ccccc23)c1. The van der Waals surface area contributed by atoms with Crippen molar-refractivity contribution < 1.29 is 0 Å². The summed E-state index contributed by atoms with van der Waals surface area (Å²) in [5, 5.41) is 10.2. The zero-order valence-electron chi connectivity index (χ0n) is 27.3. The second-order valence-electron chi connectivity index (χ2n) is 13.0. The summed E-state index contributed by atoms with van der Waals surface area (Å²) in [5.74, 6) is 0. The van der Waals surface area contributed by atoms with Crippen molar-refractivity contribution in [3.05, 3.63) is 188 Å². The van der Waals surface area contributed by atoms with Gasteiger partial charge in [0.15, 0.2) is 0 Å². The van der Waals surface area contributed by atoms with E-state index in [1.807, 2.05) is 11.3 Å². The van der Waals surface area contributed by atoms with Gasteiger partial charge in [-0.3, -0.25) is 0 Å². The Morgan fingerprint density at radius 1 is 0.300 bits per heavy atom. The van der Waals surface area contributed by atoms with Crippen molar-refractivity contribution in [3.63, 3.8) is 0 Å². The molecule has 0 aliphatic rings. The van der Waals surface area contributed by atoms with Crippen molar-refractivity contribution in [1.29, 1.82) is 0 Å². The predicted molar refractivity (Wildman–Crippen MR) is 217 cm³/mol. The van der Waals surface area contributed by atoms with E-state index in [-0.39, 0.29) is 0 Å². The lowest BCUT2D eigenvalue weighted by Gasteiger charge is -2.26. The van der Waals surface area contributed by atoms with E-state index in [2.05, 4.69) is 193 Å². The standard InChI is InChI=1S/C48H31NS/c1-3-17-41-32(10-1)12-9-20-43(41)36-15-7-13-34(28-36)35-14-8-16-38(29-35)49(40-25-27-48-46(31-40)45-19-5-6-21-47(45)50-48)39-24-26-44-37(30-39)23-22-33-11-2-4-18-42(33)44/h1-31H. The number of thiophene rings is 1. The van der Waals surface area contributed by atoms with Crippen LogP contribution in [0.15, 0.2) is 188 Å². The fraction of sp³-hybridized carbons (Fsp3) is 0. The molecule has 2 heteroatoms. The summed E-state index contributed by atoms with van der Waals surface area (Å²) in [4.78, 5) is 2.42. The molecule has 1 aromatic heterocycles. The largest absolute Gasteiger partial charge is 0.310 e. The van der Waals surface area contributed by atoms with Crippen molar-refractivity contribution in [1.82, 2.24) is 0 Å². The lowest BCUT2D eigenvalue weighted by Crippen LogP contribution is -2.10. The van der Waals surface area contributed by atoms with Crippen LogP contribution in [0.25, 0.3) is 74.7 Å². The highest BCUT2D eigenvalue weighted by molar-refractivity contribution is 7.25. The van der Waals surface area contributed by atoms with Crippen LogP contribution in [0.1, 0.15) is 0 Å². The number of hydrogen-bond donors (Lipinski definition) is 0. The summed E-state index contributed by atoms with van der Waals surface area (Å²) in [5.41, 5.74) is 8.25. The van der Waals surface area contributed by atoms with Crippen LogP contribution in [0.4, 0.5) is 17.1 Å². The van der Waals surface area contributed by atoms with Gasteiger partial charge >= 0.3 is 0 Å². The van der Waals surface area contributed by atoms with E-state index in [0.717, 1.165) is 17.1 Å². The van der Waals surface area contributed by atoms with E-state index in [1.54, 1.807) is 0 Å². The first-order valence-corrected chi connectivity index (χ1v) is 17.9. The van der Waals surface area contributed by atoms with Crippen LogP contribution < -0.4 is 4.90 Å². The lowest BCUT2D eigenvalue weighted by atomic mass is 9.95. The summed E-state index contributed by atoms with van der Waals surface area (Å²) in [6, 6.07) is 68.9. The van der Waals surface area contributed by atoms with Gasteiger partial charge in [0.1, 0.15) is 0 Å². The van der Waals surface area contributed by atoms with E-state index in [4.69, 9.17) is 0 Å². The Kier molecular flexibility index (Phi) is 6.75. The molecule has 0 radical (unpaired) electrons. The van der Waals surface area contributed by atoms with Gasteiger partial charge < -0.3 is 4.90 Å². The Bertz CT molecular complexity index is 2890. The minimum atomic E-state index is 1.12. The summed E-state index contributed by atoms with van der Waals surface area (Å²) >= 11 is 1.86. The third-order valence-electron chi connectivity index (χ3n) is 10.0. The van der Waals surface area contributed by atoms with Gasteiger partial charge in [0.25, 0.3) is 0 Å². The third kappa shape index (κ3) is 4.84. The van der Waals surface area contributed by atoms with Crippen molar-refractivity contribution in [2.75, 3.05) is 4.90 Å². The maximum absolute atomic E-state index is 2.42. The van der Waals surface area contributed by atoms with Gasteiger partial charge in [-0.15, -0.1) is 11.3 Å². The number of rotatable bonds is 5. The normalized spacial score (nSPS) is 11.6. The minimum absolute atomic E-state index is 1.12. The van der Waals surface area contributed by atoms with Crippen molar-refractivity contribution in [2.24, 2.45) is 0 Å². The number of hydrogen-bond acceptors (Lipinski definition) is 2. The van der Waals surface area contributed by atoms with Gasteiger partial charge in [-0.05, 0) is 109 Å². The van der Waals surface area contributed by atoms with Crippen LogP contribution in [0.5, 0.6) is 0 Å². The molecule has 0 saturated carbocycles. The van der Waals surface area contributed by atoms with Gasteiger partial charge in [0, 0.05) is 37.2 Å². The monoisotopic (exact) mass is 653 g/mol. The number of fused-ring (bicyclic) bond motifs is 7. The fourth-order valence-corrected chi connectivity index (χ4v) is 8.69. The third-order valence-corrected chi connectivity index (χ3v) is 11.2. The zero-order valence-corrected chi connectivity index (χ0v) is 28.1. The molecule has 1 heterocycles. The van der Waals surface area contributed by atoms with Crippen LogP contribution in [0.3, 0.4) is 0 Å². The highest BCUT2D eigenvalue weighted by Crippen LogP contribution is 2.43. The van der Waals surface area contributed by atoms with Crippen molar-refractivity contribution in [2.45, 2.75) is 0 Å². The van der Waals surface area contributed by atoms with Gasteiger partial charge in [-0.25, -0.2) is 0 Å². The van der Waals surface area contributed by atoms with Crippen LogP contribution in [0, 0.1) is 0 Å². The quantitative estimate of drug-likeness (QED) is 0.167. The molecule has 0 unspecified atom stereocenters. The number of anilines is 3. The summed E-state index contributed by atoms with van der Waals surface area (Å²) in [7, 11) is 0. The summed E-state index contributed by atoms with van der Waals surface area (Å²) in [6.45, 7) is 0. The molecular formula is C48H31NS. The molecule has 50 heavy (non-hydrogen) atoms. The second kappa shape index (κ2) is 11.7. The molecule has 0 atom stereocenters. The average Bonchev–Trinajstić information content (AvgIpc) is 3.56. The Balaban J connectivity index is 1.14. The van der Waals surface area contributed by atoms with Gasteiger partial charge in [-0.2, -0.15) is 0 Å². The minimum Gasteiger partial charge on any atom is -0.310 e.